The number of nitrogens with zero attached hydrogens (tertiary/aromatic N) is 6. The average Bonchev–Trinajstić information content (AvgIpc) is 3.50. The zero-order valence-electron chi connectivity index (χ0n) is 22.8. The third-order valence-corrected chi connectivity index (χ3v) is 7.82. The predicted octanol–water partition coefficient (Wildman–Crippen LogP) is 4.46. The first-order valence-corrected chi connectivity index (χ1v) is 14.0. The zero-order valence-corrected chi connectivity index (χ0v) is 23.6. The van der Waals surface area contributed by atoms with Crippen molar-refractivity contribution in [1.82, 2.24) is 24.2 Å². The number of hydrogen-bond donors (Lipinski definition) is 1. The van der Waals surface area contributed by atoms with Gasteiger partial charge in [-0.05, 0) is 56.4 Å². The molecule has 0 bridgehead atoms. The van der Waals surface area contributed by atoms with Crippen LogP contribution in [0.25, 0.3) is 0 Å². The van der Waals surface area contributed by atoms with Crippen molar-refractivity contribution in [2.24, 2.45) is 10.9 Å². The number of benzene rings is 1. The van der Waals surface area contributed by atoms with E-state index in [1.165, 1.54) is 12.1 Å². The average molecular weight is 583 g/mol. The summed E-state index contributed by atoms with van der Waals surface area (Å²) in [6.07, 6.45) is 6.14. The van der Waals surface area contributed by atoms with Gasteiger partial charge in [0.15, 0.2) is 5.82 Å². The maximum atomic E-state index is 14.2. The first kappa shape index (κ1) is 28.7. The molecule has 0 unspecified atom stereocenters. The molecular weight excluding hydrogens is 551 g/mol. The van der Waals surface area contributed by atoms with E-state index < -0.39 is 11.8 Å². The summed E-state index contributed by atoms with van der Waals surface area (Å²) < 4.78 is 23.3. The van der Waals surface area contributed by atoms with Gasteiger partial charge >= 0.3 is 5.97 Å². The molecule has 2 aliphatic heterocycles. The summed E-state index contributed by atoms with van der Waals surface area (Å²) in [7, 11) is 0. The molecule has 1 aromatic carbocycles. The number of rotatable bonds is 10. The van der Waals surface area contributed by atoms with Crippen molar-refractivity contribution < 1.29 is 23.8 Å². The molecular formula is C29H32ClFN6O4. The fourth-order valence-corrected chi connectivity index (χ4v) is 5.34. The Kier molecular flexibility index (Phi) is 8.65. The highest BCUT2D eigenvalue weighted by Gasteiger charge is 2.29. The molecule has 0 spiro atoms. The van der Waals surface area contributed by atoms with Gasteiger partial charge in [0.25, 0.3) is 5.91 Å². The maximum Gasteiger partial charge on any atom is 0.354 e. The number of carboxylic acid groups (broad SMARTS) is 1. The van der Waals surface area contributed by atoms with Gasteiger partial charge < -0.3 is 19.3 Å². The summed E-state index contributed by atoms with van der Waals surface area (Å²) in [5.74, 6) is -0.0745. The smallest absolute Gasteiger partial charge is 0.354 e. The number of piperidine rings is 1. The number of carboxylic acids is 1. The molecule has 1 atom stereocenters. The van der Waals surface area contributed by atoms with Crippen LogP contribution < -0.4 is 0 Å². The number of carbonyl (C=O) groups is 2. The van der Waals surface area contributed by atoms with Gasteiger partial charge in [-0.25, -0.2) is 19.2 Å². The fraction of sp³-hybridized carbons (Fsp3) is 0.414. The van der Waals surface area contributed by atoms with E-state index in [-0.39, 0.29) is 24.3 Å². The topological polar surface area (TPSA) is 115 Å². The van der Waals surface area contributed by atoms with E-state index in [9.17, 15) is 19.1 Å². The molecule has 5 rings (SSSR count). The van der Waals surface area contributed by atoms with Gasteiger partial charge in [-0.1, -0.05) is 24.2 Å². The molecule has 2 aromatic heterocycles. The van der Waals surface area contributed by atoms with Crippen molar-refractivity contribution >= 4 is 35.0 Å². The minimum absolute atomic E-state index is 0.0452. The van der Waals surface area contributed by atoms with Gasteiger partial charge in [0.2, 0.25) is 0 Å². The molecule has 2 fully saturated rings. The minimum atomic E-state index is -1.15. The van der Waals surface area contributed by atoms with Crippen molar-refractivity contribution in [2.75, 3.05) is 19.7 Å². The lowest BCUT2D eigenvalue weighted by Gasteiger charge is -2.32. The van der Waals surface area contributed by atoms with Crippen molar-refractivity contribution in [2.45, 2.75) is 51.8 Å². The van der Waals surface area contributed by atoms with Crippen LogP contribution in [0.5, 0.6) is 0 Å². The Bertz CT molecular complexity index is 1490. The Morgan fingerprint density at radius 3 is 2.66 bits per heavy atom. The number of amides is 1. The number of hydrogen-bond acceptors (Lipinski definition) is 6. The van der Waals surface area contributed by atoms with E-state index in [0.717, 1.165) is 25.1 Å². The normalized spacial score (nSPS) is 17.9. The van der Waals surface area contributed by atoms with Crippen LogP contribution in [0.4, 0.5) is 10.2 Å². The number of aliphatic carboxylic acids is 1. The molecule has 4 heterocycles. The quantitative estimate of drug-likeness (QED) is 0.353. The molecule has 12 heteroatoms. The molecule has 41 heavy (non-hydrogen) atoms. The summed E-state index contributed by atoms with van der Waals surface area (Å²) in [5, 5.41) is 14.2. The summed E-state index contributed by atoms with van der Waals surface area (Å²) in [5.41, 5.74) is 1.28. The number of ether oxygens (including phenoxy) is 1. The lowest BCUT2D eigenvalue weighted by Crippen LogP contribution is -2.39. The number of halogens is 2. The van der Waals surface area contributed by atoms with Gasteiger partial charge in [-0.15, -0.1) is 0 Å². The largest absolute Gasteiger partial charge is 0.477 e. The number of aliphatic imine (C=N–C) groups is 1. The molecule has 1 N–H and O–H groups in total. The van der Waals surface area contributed by atoms with Crippen LogP contribution in [0, 0.1) is 18.7 Å². The standard InChI is InChI=1S/C29H32ClFN6O4/c1-3-24(29(39)40)33-27-18(2)32-26(37(27)17-22-9-13-41-22)14-19-6-10-35(11-7-19)28(38)25-8-12-36(34-25)16-20-4-5-21(30)15-23(20)31/h3-5,8,12,15,19,22H,1,6-7,9-11,13-14,16-17H2,2H3,(H,39,40)/t22-/m0/s1. The predicted molar refractivity (Wildman–Crippen MR) is 151 cm³/mol. The molecule has 2 saturated heterocycles. The first-order chi connectivity index (χ1) is 19.7. The van der Waals surface area contributed by atoms with Crippen LogP contribution in [-0.2, 0) is 29.0 Å². The second-order valence-electron chi connectivity index (χ2n) is 10.4. The number of carbonyl (C=O) groups excluding carboxylic acids is 1. The Morgan fingerprint density at radius 2 is 2.02 bits per heavy atom. The molecule has 0 radical (unpaired) electrons. The van der Waals surface area contributed by atoms with Gasteiger partial charge in [0, 0.05) is 42.9 Å². The number of aryl methyl sites for hydroxylation is 1. The third kappa shape index (κ3) is 6.57. The highest BCUT2D eigenvalue weighted by atomic mass is 35.5. The molecule has 0 aliphatic carbocycles. The van der Waals surface area contributed by atoms with Crippen LogP contribution >= 0.6 is 11.6 Å². The van der Waals surface area contributed by atoms with Gasteiger partial charge in [0.1, 0.15) is 23.0 Å². The van der Waals surface area contributed by atoms with Crippen LogP contribution in [0.2, 0.25) is 5.02 Å². The van der Waals surface area contributed by atoms with Gasteiger partial charge in [-0.2, -0.15) is 5.10 Å². The molecule has 10 nitrogen and oxygen atoms in total. The van der Waals surface area contributed by atoms with Crippen LogP contribution in [0.15, 0.2) is 48.1 Å². The first-order valence-electron chi connectivity index (χ1n) is 13.6. The fourth-order valence-electron chi connectivity index (χ4n) is 5.19. The van der Waals surface area contributed by atoms with Gasteiger partial charge in [-0.3, -0.25) is 9.48 Å². The van der Waals surface area contributed by atoms with Crippen LogP contribution in [-0.4, -0.2) is 72.7 Å². The van der Waals surface area contributed by atoms with E-state index in [0.29, 0.717) is 66.4 Å². The molecule has 1 amide bonds. The van der Waals surface area contributed by atoms with E-state index in [1.807, 2.05) is 11.5 Å². The Morgan fingerprint density at radius 1 is 1.27 bits per heavy atom. The lowest BCUT2D eigenvalue weighted by atomic mass is 9.93. The zero-order chi connectivity index (χ0) is 29.1. The van der Waals surface area contributed by atoms with Crippen LogP contribution in [0.1, 0.15) is 46.8 Å². The highest BCUT2D eigenvalue weighted by Crippen LogP contribution is 2.29. The second kappa shape index (κ2) is 12.4. The molecule has 0 saturated carbocycles. The number of likely N-dealkylation sites (tertiary alicyclic amines) is 1. The van der Waals surface area contributed by atoms with Crippen molar-refractivity contribution in [1.29, 1.82) is 0 Å². The maximum absolute atomic E-state index is 14.2. The molecule has 216 valence electrons. The Labute approximate surface area is 242 Å². The van der Waals surface area contributed by atoms with E-state index >= 15 is 0 Å². The SMILES string of the molecule is C=CC(=Nc1c(C)nc(CC2CCN(C(=O)c3ccn(Cc4ccc(Cl)cc4F)n3)CC2)n1C[C@@H]1CCO1)C(=O)O. The lowest BCUT2D eigenvalue weighted by molar-refractivity contribution is -0.129. The Hall–Kier alpha value is -3.83. The van der Waals surface area contributed by atoms with E-state index in [2.05, 4.69) is 16.7 Å². The summed E-state index contributed by atoms with van der Waals surface area (Å²) in [6.45, 7) is 8.02. The van der Waals surface area contributed by atoms with Crippen molar-refractivity contribution in [3.8, 4) is 0 Å². The monoisotopic (exact) mass is 582 g/mol. The third-order valence-electron chi connectivity index (χ3n) is 7.59. The molecule has 3 aromatic rings. The van der Waals surface area contributed by atoms with Gasteiger partial charge in [0.05, 0.1) is 24.9 Å². The number of imidazole rings is 1. The minimum Gasteiger partial charge on any atom is -0.477 e. The van der Waals surface area contributed by atoms with Crippen molar-refractivity contribution in [3.63, 3.8) is 0 Å². The second-order valence-corrected chi connectivity index (χ2v) is 10.8. The van der Waals surface area contributed by atoms with Crippen LogP contribution in [0.3, 0.4) is 0 Å². The summed E-state index contributed by atoms with van der Waals surface area (Å²) >= 11 is 5.83. The van der Waals surface area contributed by atoms with Crippen molar-refractivity contribution in [3.05, 3.63) is 76.7 Å². The molecule has 2 aliphatic rings. The highest BCUT2D eigenvalue weighted by molar-refractivity contribution is 6.40. The summed E-state index contributed by atoms with van der Waals surface area (Å²) in [6, 6.07) is 6.14. The summed E-state index contributed by atoms with van der Waals surface area (Å²) in [4.78, 5) is 35.6. The Balaban J connectivity index is 1.23. The van der Waals surface area contributed by atoms with E-state index in [1.54, 1.807) is 34.0 Å². The van der Waals surface area contributed by atoms with E-state index in [4.69, 9.17) is 21.3 Å². The number of aromatic nitrogens is 4.